The van der Waals surface area contributed by atoms with Crippen LogP contribution in [0.1, 0.15) is 6.92 Å². The van der Waals surface area contributed by atoms with Crippen molar-refractivity contribution in [2.75, 3.05) is 12.3 Å². The van der Waals surface area contributed by atoms with Crippen LogP contribution in [-0.4, -0.2) is 49.8 Å². The molecule has 1 aromatic heterocycles. The van der Waals surface area contributed by atoms with E-state index in [1.54, 1.807) is 0 Å². The topological polar surface area (TPSA) is 131 Å². The normalized spacial score (nSPS) is 34.7. The Morgan fingerprint density at radius 1 is 1.63 bits per heavy atom. The van der Waals surface area contributed by atoms with E-state index in [2.05, 4.69) is 4.98 Å². The van der Waals surface area contributed by atoms with Gasteiger partial charge in [0.25, 0.3) is 0 Å². The van der Waals surface area contributed by atoms with E-state index in [0.29, 0.717) is 4.57 Å². The number of hydrogen-bond donors (Lipinski definition) is 4. The molecule has 2 rings (SSSR count). The van der Waals surface area contributed by atoms with E-state index in [-0.39, 0.29) is 0 Å². The van der Waals surface area contributed by atoms with Crippen LogP contribution in [0.2, 0.25) is 0 Å². The molecule has 0 saturated carbocycles. The fourth-order valence-corrected chi connectivity index (χ4v) is 2.07. The van der Waals surface area contributed by atoms with Gasteiger partial charge in [-0.2, -0.15) is 4.98 Å². The largest absolute Gasteiger partial charge is 0.394 e. The molecule has 1 saturated heterocycles. The van der Waals surface area contributed by atoms with Gasteiger partial charge in [0.1, 0.15) is 18.3 Å². The van der Waals surface area contributed by atoms with Crippen molar-refractivity contribution in [3.8, 4) is 0 Å². The molecule has 0 amide bonds. The Hall–Kier alpha value is -1.55. The molecule has 1 aliphatic heterocycles. The van der Waals surface area contributed by atoms with E-state index in [1.165, 1.54) is 6.92 Å². The summed E-state index contributed by atoms with van der Waals surface area (Å²) in [5.74, 6) is -1.53. The quantitative estimate of drug-likeness (QED) is 0.479. The van der Waals surface area contributed by atoms with Crippen molar-refractivity contribution in [2.24, 2.45) is 0 Å². The van der Waals surface area contributed by atoms with Crippen LogP contribution < -0.4 is 11.4 Å². The summed E-state index contributed by atoms with van der Waals surface area (Å²) in [4.78, 5) is 14.9. The van der Waals surface area contributed by atoms with Gasteiger partial charge in [0, 0.05) is 0 Å². The molecule has 0 aliphatic carbocycles. The number of aliphatic hydroxyl groups is 3. The third kappa shape index (κ3) is 2.00. The van der Waals surface area contributed by atoms with Crippen molar-refractivity contribution in [1.82, 2.24) is 9.55 Å². The monoisotopic (exact) mass is 275 g/mol. The van der Waals surface area contributed by atoms with Gasteiger partial charge in [-0.1, -0.05) is 0 Å². The van der Waals surface area contributed by atoms with E-state index in [4.69, 9.17) is 15.6 Å². The van der Waals surface area contributed by atoms with Crippen LogP contribution in [0, 0.1) is 5.82 Å². The lowest BCUT2D eigenvalue weighted by Gasteiger charge is -2.29. The number of aliphatic hydroxyl groups excluding tert-OH is 3. The number of halogens is 1. The summed E-state index contributed by atoms with van der Waals surface area (Å²) in [5.41, 5.74) is 2.47. The molecule has 106 valence electrons. The fraction of sp³-hybridized carbons (Fsp3) is 0.600. The highest BCUT2D eigenvalue weighted by atomic mass is 19.1. The van der Waals surface area contributed by atoms with Crippen molar-refractivity contribution in [1.29, 1.82) is 0 Å². The molecule has 1 aliphatic rings. The van der Waals surface area contributed by atoms with Crippen molar-refractivity contribution in [2.45, 2.75) is 31.0 Å². The maximum atomic E-state index is 13.4. The second-order valence-electron chi connectivity index (χ2n) is 4.46. The van der Waals surface area contributed by atoms with Crippen LogP contribution in [0.15, 0.2) is 11.0 Å². The zero-order valence-electron chi connectivity index (χ0n) is 10.0. The highest BCUT2D eigenvalue weighted by Gasteiger charge is 2.52. The second-order valence-corrected chi connectivity index (χ2v) is 4.46. The number of hydrogen-bond acceptors (Lipinski definition) is 7. The Labute approximate surface area is 106 Å². The van der Waals surface area contributed by atoms with Gasteiger partial charge in [0.15, 0.2) is 17.4 Å². The van der Waals surface area contributed by atoms with Gasteiger partial charge in [-0.25, -0.2) is 9.18 Å². The molecule has 0 bridgehead atoms. The van der Waals surface area contributed by atoms with Crippen molar-refractivity contribution in [3.63, 3.8) is 0 Å². The summed E-state index contributed by atoms with van der Waals surface area (Å²) < 4.78 is 19.3. The summed E-state index contributed by atoms with van der Waals surface area (Å²) in [6, 6.07) is 0. The number of rotatable bonds is 2. The van der Waals surface area contributed by atoms with Gasteiger partial charge in [0.2, 0.25) is 0 Å². The molecule has 5 N–H and O–H groups in total. The third-order valence-electron chi connectivity index (χ3n) is 3.21. The molecule has 0 spiro atoms. The zero-order chi connectivity index (χ0) is 14.4. The molecule has 0 aromatic carbocycles. The Bertz CT molecular complexity index is 550. The van der Waals surface area contributed by atoms with E-state index in [1.807, 2.05) is 0 Å². The van der Waals surface area contributed by atoms with Gasteiger partial charge in [0.05, 0.1) is 12.8 Å². The molecule has 8 nitrogen and oxygen atoms in total. The summed E-state index contributed by atoms with van der Waals surface area (Å²) in [5, 5.41) is 28.6. The number of nitrogens with zero attached hydrogens (tertiary/aromatic N) is 2. The van der Waals surface area contributed by atoms with Gasteiger partial charge in [-0.3, -0.25) is 4.57 Å². The maximum Gasteiger partial charge on any atom is 0.352 e. The first-order chi connectivity index (χ1) is 8.81. The molecular weight excluding hydrogens is 261 g/mol. The minimum atomic E-state index is -1.74. The number of anilines is 1. The van der Waals surface area contributed by atoms with Gasteiger partial charge in [-0.05, 0) is 6.92 Å². The standard InChI is InChI=1S/C10H14FN3O5/c1-10(7(17)6(16)5(3-15)19-10)14-2-4(11)8(12)13-9(14)18/h2,5-7,15-17H,3H2,1H3,(H2,12,13,18)/t5-,6-,7-,10-/m1/s1. The molecular formula is C10H14FN3O5. The Morgan fingerprint density at radius 2 is 2.26 bits per heavy atom. The first-order valence-electron chi connectivity index (χ1n) is 5.51. The molecule has 9 heteroatoms. The maximum absolute atomic E-state index is 13.4. The second kappa shape index (κ2) is 4.53. The van der Waals surface area contributed by atoms with Crippen molar-refractivity contribution < 1.29 is 24.4 Å². The highest BCUT2D eigenvalue weighted by Crippen LogP contribution is 2.34. The number of nitrogen functional groups attached to an aromatic ring is 1. The first-order valence-corrected chi connectivity index (χ1v) is 5.51. The minimum absolute atomic E-state index is 0.562. The van der Waals surface area contributed by atoms with Crippen molar-refractivity contribution in [3.05, 3.63) is 22.5 Å². The summed E-state index contributed by atoms with van der Waals surface area (Å²) >= 11 is 0. The Kier molecular flexibility index (Phi) is 3.31. The molecule has 4 atom stereocenters. The number of nitrogens with two attached hydrogens (primary N) is 1. The molecule has 19 heavy (non-hydrogen) atoms. The average Bonchev–Trinajstić information content (AvgIpc) is 2.59. The van der Waals surface area contributed by atoms with Crippen LogP contribution in [0.5, 0.6) is 0 Å². The molecule has 1 fully saturated rings. The third-order valence-corrected chi connectivity index (χ3v) is 3.21. The molecule has 0 radical (unpaired) electrons. The van der Waals surface area contributed by atoms with Gasteiger partial charge >= 0.3 is 5.69 Å². The van der Waals surface area contributed by atoms with E-state index in [9.17, 15) is 19.4 Å². The molecule has 2 heterocycles. The van der Waals surface area contributed by atoms with Crippen LogP contribution in [-0.2, 0) is 10.5 Å². The zero-order valence-corrected chi connectivity index (χ0v) is 10.0. The lowest BCUT2D eigenvalue weighted by molar-refractivity contribution is -0.137. The fourth-order valence-electron chi connectivity index (χ4n) is 2.07. The SMILES string of the molecule is C[C@@]1(n2cc(F)c(N)nc2=O)O[C@H](CO)[C@@H](O)[C@H]1O. The van der Waals surface area contributed by atoms with Crippen LogP contribution in [0.3, 0.4) is 0 Å². The summed E-state index contributed by atoms with van der Waals surface area (Å²) in [7, 11) is 0. The van der Waals surface area contributed by atoms with Gasteiger partial charge in [-0.15, -0.1) is 0 Å². The van der Waals surface area contributed by atoms with Crippen molar-refractivity contribution >= 4 is 5.82 Å². The summed E-state index contributed by atoms with van der Waals surface area (Å²) in [6.07, 6.45) is -3.30. The molecule has 1 aromatic rings. The Morgan fingerprint density at radius 3 is 2.79 bits per heavy atom. The number of aromatic nitrogens is 2. The van der Waals surface area contributed by atoms with E-state index in [0.717, 1.165) is 6.20 Å². The van der Waals surface area contributed by atoms with Crippen LogP contribution in [0.25, 0.3) is 0 Å². The predicted octanol–water partition coefficient (Wildman–Crippen LogP) is -2.25. The summed E-state index contributed by atoms with van der Waals surface area (Å²) in [6.45, 7) is 0.711. The smallest absolute Gasteiger partial charge is 0.352 e. The number of ether oxygens (including phenoxy) is 1. The lowest BCUT2D eigenvalue weighted by atomic mass is 10.0. The van der Waals surface area contributed by atoms with E-state index < -0.39 is 48.0 Å². The van der Waals surface area contributed by atoms with Crippen LogP contribution >= 0.6 is 0 Å². The van der Waals surface area contributed by atoms with Crippen LogP contribution in [0.4, 0.5) is 10.2 Å². The minimum Gasteiger partial charge on any atom is -0.394 e. The predicted molar refractivity (Wildman–Crippen MR) is 60.5 cm³/mol. The lowest BCUT2D eigenvalue weighted by Crippen LogP contribution is -2.48. The molecule has 0 unspecified atom stereocenters. The average molecular weight is 275 g/mol. The Balaban J connectivity index is 2.52. The first kappa shape index (κ1) is 13.9. The van der Waals surface area contributed by atoms with E-state index >= 15 is 0 Å². The highest BCUT2D eigenvalue weighted by molar-refractivity contribution is 5.26. The van der Waals surface area contributed by atoms with Gasteiger partial charge < -0.3 is 25.8 Å².